The highest BCUT2D eigenvalue weighted by molar-refractivity contribution is 7.16. The van der Waals surface area contributed by atoms with Gasteiger partial charge in [0.2, 0.25) is 0 Å². The summed E-state index contributed by atoms with van der Waals surface area (Å²) < 4.78 is 2.20. The fraction of sp³-hybridized carbons (Fsp3) is 0.0769. The first kappa shape index (κ1) is 13.7. The average Bonchev–Trinajstić information content (AvgIpc) is 3.16. The number of carbonyl (C=O) groups is 1. The molecule has 0 unspecified atom stereocenters. The number of nitrogens with zero attached hydrogens (tertiary/aromatic N) is 4. The van der Waals surface area contributed by atoms with Gasteiger partial charge in [-0.3, -0.25) is 4.79 Å². The molecule has 0 aliphatic rings. The summed E-state index contributed by atoms with van der Waals surface area (Å²) in [6.45, 7) is 0.442. The molecule has 0 fully saturated rings. The number of thiophene rings is 1. The number of amides is 1. The van der Waals surface area contributed by atoms with Crippen molar-refractivity contribution in [2.75, 3.05) is 0 Å². The minimum Gasteiger partial charge on any atom is -0.347 e. The zero-order valence-electron chi connectivity index (χ0n) is 10.7. The third-order valence-electron chi connectivity index (χ3n) is 2.71. The van der Waals surface area contributed by atoms with Crippen LogP contribution in [0.5, 0.6) is 0 Å². The lowest BCUT2D eigenvalue weighted by Crippen LogP contribution is -2.22. The molecule has 0 aromatic carbocycles. The van der Waals surface area contributed by atoms with Crippen LogP contribution < -0.4 is 5.32 Å². The average molecular weight is 320 g/mol. The fourth-order valence-electron chi connectivity index (χ4n) is 1.73. The van der Waals surface area contributed by atoms with Gasteiger partial charge in [-0.05, 0) is 24.3 Å². The number of hydrogen-bond acceptors (Lipinski definition) is 5. The highest BCUT2D eigenvalue weighted by atomic mass is 35.5. The molecule has 0 aliphatic carbocycles. The van der Waals surface area contributed by atoms with Crippen LogP contribution in [-0.2, 0) is 6.54 Å². The topological polar surface area (TPSA) is 72.7 Å². The predicted octanol–water partition coefficient (Wildman–Crippen LogP) is 2.31. The number of halogens is 1. The fourth-order valence-corrected chi connectivity index (χ4v) is 2.75. The van der Waals surface area contributed by atoms with E-state index in [1.54, 1.807) is 18.3 Å². The Kier molecular flexibility index (Phi) is 3.94. The van der Waals surface area contributed by atoms with Crippen LogP contribution in [0.15, 0.2) is 43.1 Å². The molecule has 0 aliphatic heterocycles. The van der Waals surface area contributed by atoms with Crippen molar-refractivity contribution in [1.82, 2.24) is 25.1 Å². The molecule has 0 atom stereocenters. The maximum absolute atomic E-state index is 12.1. The second kappa shape index (κ2) is 6.02. The zero-order chi connectivity index (χ0) is 14.7. The molecule has 8 heteroatoms. The van der Waals surface area contributed by atoms with Gasteiger partial charge in [-0.1, -0.05) is 11.6 Å². The number of nitrogens with one attached hydrogen (secondary N) is 1. The first-order valence-corrected chi connectivity index (χ1v) is 7.25. The Morgan fingerprint density at radius 2 is 2.29 bits per heavy atom. The standard InChI is InChI=1S/C13H10ClN5OS/c14-11-2-1-10(21-11)6-17-13(20)9-3-4-16-12(5-9)19-8-15-7-18-19/h1-5,7-8H,6H2,(H,17,20). The highest BCUT2D eigenvalue weighted by Crippen LogP contribution is 2.21. The Hall–Kier alpha value is -2.25. The molecular formula is C13H10ClN5OS. The Labute approximate surface area is 129 Å². The molecule has 1 amide bonds. The first-order valence-electron chi connectivity index (χ1n) is 6.06. The summed E-state index contributed by atoms with van der Waals surface area (Å²) >= 11 is 7.29. The van der Waals surface area contributed by atoms with Crippen LogP contribution in [0.4, 0.5) is 0 Å². The molecule has 0 saturated carbocycles. The van der Waals surface area contributed by atoms with Crippen LogP contribution in [0.1, 0.15) is 15.2 Å². The van der Waals surface area contributed by atoms with Crippen molar-refractivity contribution in [3.63, 3.8) is 0 Å². The van der Waals surface area contributed by atoms with Gasteiger partial charge in [-0.2, -0.15) is 5.10 Å². The van der Waals surface area contributed by atoms with E-state index in [1.807, 2.05) is 12.1 Å². The van der Waals surface area contributed by atoms with Crippen molar-refractivity contribution in [3.05, 3.63) is 57.9 Å². The first-order chi connectivity index (χ1) is 10.2. The second-order valence-corrected chi connectivity index (χ2v) is 5.93. The second-order valence-electron chi connectivity index (χ2n) is 4.13. The normalized spacial score (nSPS) is 10.5. The summed E-state index contributed by atoms with van der Waals surface area (Å²) in [4.78, 5) is 21.1. The largest absolute Gasteiger partial charge is 0.347 e. The molecule has 0 radical (unpaired) electrons. The summed E-state index contributed by atoms with van der Waals surface area (Å²) in [5.74, 6) is 0.364. The number of hydrogen-bond donors (Lipinski definition) is 1. The lowest BCUT2D eigenvalue weighted by Gasteiger charge is -2.05. The lowest BCUT2D eigenvalue weighted by molar-refractivity contribution is 0.0951. The van der Waals surface area contributed by atoms with E-state index in [0.717, 1.165) is 4.88 Å². The van der Waals surface area contributed by atoms with Gasteiger partial charge in [0.25, 0.3) is 5.91 Å². The van der Waals surface area contributed by atoms with Gasteiger partial charge in [0.05, 0.1) is 10.9 Å². The monoisotopic (exact) mass is 319 g/mol. The molecule has 0 bridgehead atoms. The molecule has 6 nitrogen and oxygen atoms in total. The van der Waals surface area contributed by atoms with E-state index in [1.165, 1.54) is 28.7 Å². The summed E-state index contributed by atoms with van der Waals surface area (Å²) in [5, 5.41) is 6.82. The molecule has 0 saturated heterocycles. The minimum atomic E-state index is -0.178. The molecule has 106 valence electrons. The smallest absolute Gasteiger partial charge is 0.251 e. The van der Waals surface area contributed by atoms with Gasteiger partial charge < -0.3 is 5.32 Å². The molecule has 3 aromatic heterocycles. The van der Waals surface area contributed by atoms with E-state index in [-0.39, 0.29) is 5.91 Å². The van der Waals surface area contributed by atoms with Gasteiger partial charge in [-0.15, -0.1) is 11.3 Å². The van der Waals surface area contributed by atoms with Gasteiger partial charge in [-0.25, -0.2) is 14.6 Å². The quantitative estimate of drug-likeness (QED) is 0.801. The van der Waals surface area contributed by atoms with E-state index in [0.29, 0.717) is 22.3 Å². The molecule has 21 heavy (non-hydrogen) atoms. The zero-order valence-corrected chi connectivity index (χ0v) is 12.3. The summed E-state index contributed by atoms with van der Waals surface area (Å²) in [6.07, 6.45) is 4.50. The Morgan fingerprint density at radius 3 is 3.00 bits per heavy atom. The van der Waals surface area contributed by atoms with Gasteiger partial charge in [0.1, 0.15) is 12.7 Å². The number of pyridine rings is 1. The summed E-state index contributed by atoms with van der Waals surface area (Å²) in [7, 11) is 0. The highest BCUT2D eigenvalue weighted by Gasteiger charge is 2.08. The van der Waals surface area contributed by atoms with Crippen LogP contribution in [0.3, 0.4) is 0 Å². The summed E-state index contributed by atoms with van der Waals surface area (Å²) in [6, 6.07) is 7.01. The van der Waals surface area contributed by atoms with Crippen molar-refractivity contribution in [2.24, 2.45) is 0 Å². The number of aromatic nitrogens is 4. The van der Waals surface area contributed by atoms with Crippen LogP contribution in [0.2, 0.25) is 4.34 Å². The van der Waals surface area contributed by atoms with Crippen LogP contribution in [0, 0.1) is 0 Å². The molecule has 0 spiro atoms. The minimum absolute atomic E-state index is 0.178. The van der Waals surface area contributed by atoms with Crippen molar-refractivity contribution in [2.45, 2.75) is 6.54 Å². The number of rotatable bonds is 4. The SMILES string of the molecule is O=C(NCc1ccc(Cl)s1)c1ccnc(-n2cncn2)c1. The van der Waals surface area contributed by atoms with Crippen molar-refractivity contribution in [1.29, 1.82) is 0 Å². The van der Waals surface area contributed by atoms with Gasteiger partial charge in [0.15, 0.2) is 5.82 Å². The van der Waals surface area contributed by atoms with E-state index in [9.17, 15) is 4.79 Å². The van der Waals surface area contributed by atoms with Crippen molar-refractivity contribution >= 4 is 28.8 Å². The van der Waals surface area contributed by atoms with Crippen LogP contribution in [-0.4, -0.2) is 25.7 Å². The molecule has 3 rings (SSSR count). The Bertz CT molecular complexity index is 756. The van der Waals surface area contributed by atoms with E-state index in [2.05, 4.69) is 20.4 Å². The molecule has 1 N–H and O–H groups in total. The maximum Gasteiger partial charge on any atom is 0.251 e. The van der Waals surface area contributed by atoms with Crippen LogP contribution >= 0.6 is 22.9 Å². The van der Waals surface area contributed by atoms with Crippen molar-refractivity contribution < 1.29 is 4.79 Å². The van der Waals surface area contributed by atoms with Gasteiger partial charge in [0, 0.05) is 16.6 Å². The van der Waals surface area contributed by atoms with E-state index < -0.39 is 0 Å². The van der Waals surface area contributed by atoms with E-state index in [4.69, 9.17) is 11.6 Å². The van der Waals surface area contributed by atoms with Crippen LogP contribution in [0.25, 0.3) is 5.82 Å². The summed E-state index contributed by atoms with van der Waals surface area (Å²) in [5.41, 5.74) is 0.512. The molecular weight excluding hydrogens is 310 g/mol. The molecule has 3 aromatic rings. The Balaban J connectivity index is 1.71. The predicted molar refractivity (Wildman–Crippen MR) is 79.7 cm³/mol. The third-order valence-corrected chi connectivity index (χ3v) is 3.94. The number of carbonyl (C=O) groups excluding carboxylic acids is 1. The molecule has 3 heterocycles. The van der Waals surface area contributed by atoms with E-state index >= 15 is 0 Å². The Morgan fingerprint density at radius 1 is 1.38 bits per heavy atom. The third kappa shape index (κ3) is 3.26. The van der Waals surface area contributed by atoms with Gasteiger partial charge >= 0.3 is 0 Å². The maximum atomic E-state index is 12.1. The lowest BCUT2D eigenvalue weighted by atomic mass is 10.2. The van der Waals surface area contributed by atoms with Crippen molar-refractivity contribution in [3.8, 4) is 5.82 Å².